The summed E-state index contributed by atoms with van der Waals surface area (Å²) >= 11 is 0. The van der Waals surface area contributed by atoms with Crippen LogP contribution < -0.4 is 9.64 Å². The van der Waals surface area contributed by atoms with E-state index in [9.17, 15) is 14.4 Å². The molecule has 1 heterocycles. The molecule has 2 fully saturated rings. The van der Waals surface area contributed by atoms with Crippen LogP contribution in [-0.4, -0.2) is 24.2 Å². The number of para-hydroxylation sites is 2. The van der Waals surface area contributed by atoms with Gasteiger partial charge >= 0.3 is 0 Å². The van der Waals surface area contributed by atoms with Gasteiger partial charge in [-0.3, -0.25) is 14.4 Å². The first kappa shape index (κ1) is 18.8. The van der Waals surface area contributed by atoms with Gasteiger partial charge in [-0.1, -0.05) is 36.4 Å². The van der Waals surface area contributed by atoms with Crippen LogP contribution in [0.25, 0.3) is 0 Å². The molecule has 5 nitrogen and oxygen atoms in total. The highest BCUT2D eigenvalue weighted by molar-refractivity contribution is 6.23. The molecular formula is C25H23NO4. The van der Waals surface area contributed by atoms with Gasteiger partial charge in [0.15, 0.2) is 12.4 Å². The number of benzene rings is 2. The van der Waals surface area contributed by atoms with Crippen molar-refractivity contribution in [1.82, 2.24) is 0 Å². The summed E-state index contributed by atoms with van der Waals surface area (Å²) < 4.78 is 5.81. The molecule has 2 bridgehead atoms. The summed E-state index contributed by atoms with van der Waals surface area (Å²) in [6.07, 6.45) is 5.04. The lowest BCUT2D eigenvalue weighted by Crippen LogP contribution is -2.33. The average Bonchev–Trinajstić information content (AvgIpc) is 3.42. The minimum atomic E-state index is -0.266. The standard InChI is InChI=1S/C25H23NO4/c1-14-7-8-16(11-15(14)2)20(27)13-30-21-6-4-3-5-19(21)26-24(28)22-17-9-10-18(12-17)23(22)25(26)29/h3-11,17-18,22-23H,12-13H2,1-2H3/t17-,18-,22+,23+/m1/s1. The largest absolute Gasteiger partial charge is 0.483 e. The number of Topliss-reactive ketones (excluding diaryl/α,β-unsaturated/α-hetero) is 1. The lowest BCUT2D eigenvalue weighted by Gasteiger charge is -2.20. The van der Waals surface area contributed by atoms with Gasteiger partial charge in [0.05, 0.1) is 17.5 Å². The molecule has 0 N–H and O–H groups in total. The van der Waals surface area contributed by atoms with Crippen molar-refractivity contribution < 1.29 is 19.1 Å². The van der Waals surface area contributed by atoms with Gasteiger partial charge in [0.1, 0.15) is 5.75 Å². The second kappa shape index (κ2) is 6.94. The number of amides is 2. The van der Waals surface area contributed by atoms with Crippen LogP contribution in [0, 0.1) is 37.5 Å². The van der Waals surface area contributed by atoms with Crippen molar-refractivity contribution in [2.75, 3.05) is 11.5 Å². The Labute approximate surface area is 175 Å². The topological polar surface area (TPSA) is 63.7 Å². The van der Waals surface area contributed by atoms with Crippen molar-refractivity contribution in [1.29, 1.82) is 0 Å². The molecule has 5 heteroatoms. The third-order valence-electron chi connectivity index (χ3n) is 6.76. The summed E-state index contributed by atoms with van der Waals surface area (Å²) in [5.41, 5.74) is 3.18. The second-order valence-electron chi connectivity index (χ2n) is 8.49. The van der Waals surface area contributed by atoms with Crippen molar-refractivity contribution >= 4 is 23.3 Å². The fourth-order valence-corrected chi connectivity index (χ4v) is 5.05. The van der Waals surface area contributed by atoms with E-state index in [1.807, 2.05) is 26.0 Å². The van der Waals surface area contributed by atoms with Crippen LogP contribution in [-0.2, 0) is 9.59 Å². The van der Waals surface area contributed by atoms with Crippen LogP contribution in [0.3, 0.4) is 0 Å². The number of aryl methyl sites for hydroxylation is 2. The summed E-state index contributed by atoms with van der Waals surface area (Å²) in [5.74, 6) is -0.309. The van der Waals surface area contributed by atoms with Crippen molar-refractivity contribution in [2.24, 2.45) is 23.7 Å². The van der Waals surface area contributed by atoms with E-state index in [1.54, 1.807) is 30.3 Å². The lowest BCUT2D eigenvalue weighted by molar-refractivity contribution is -0.123. The number of ketones is 1. The number of hydrogen-bond donors (Lipinski definition) is 0. The van der Waals surface area contributed by atoms with Crippen LogP contribution in [0.1, 0.15) is 27.9 Å². The Balaban J connectivity index is 1.37. The van der Waals surface area contributed by atoms with Crippen molar-refractivity contribution in [2.45, 2.75) is 20.3 Å². The highest BCUT2D eigenvalue weighted by atomic mass is 16.5. The molecule has 2 aromatic carbocycles. The van der Waals surface area contributed by atoms with Crippen LogP contribution in [0.4, 0.5) is 5.69 Å². The summed E-state index contributed by atoms with van der Waals surface area (Å²) in [4.78, 5) is 40.1. The molecule has 2 amide bonds. The van der Waals surface area contributed by atoms with Crippen LogP contribution >= 0.6 is 0 Å². The van der Waals surface area contributed by atoms with E-state index in [2.05, 4.69) is 12.2 Å². The molecule has 152 valence electrons. The number of carbonyl (C=O) groups is 3. The van der Waals surface area contributed by atoms with Crippen molar-refractivity contribution in [3.63, 3.8) is 0 Å². The molecule has 3 aliphatic rings. The zero-order chi connectivity index (χ0) is 21.0. The van der Waals surface area contributed by atoms with Crippen LogP contribution in [0.5, 0.6) is 5.75 Å². The molecule has 0 spiro atoms. The summed E-state index contributed by atoms with van der Waals surface area (Å²) in [5, 5.41) is 0. The summed E-state index contributed by atoms with van der Waals surface area (Å²) in [6, 6.07) is 12.5. The van der Waals surface area contributed by atoms with Gasteiger partial charge in [-0.2, -0.15) is 0 Å². The van der Waals surface area contributed by atoms with Crippen LogP contribution in [0.2, 0.25) is 0 Å². The molecule has 2 aromatic rings. The average molecular weight is 401 g/mol. The highest BCUT2D eigenvalue weighted by Gasteiger charge is 2.59. The smallest absolute Gasteiger partial charge is 0.238 e. The quantitative estimate of drug-likeness (QED) is 0.433. The Morgan fingerprint density at radius 3 is 2.30 bits per heavy atom. The first-order valence-electron chi connectivity index (χ1n) is 10.3. The second-order valence-corrected chi connectivity index (χ2v) is 8.49. The minimum Gasteiger partial charge on any atom is -0.483 e. The van der Waals surface area contributed by atoms with Gasteiger partial charge in [0.2, 0.25) is 11.8 Å². The van der Waals surface area contributed by atoms with E-state index in [-0.39, 0.29) is 47.9 Å². The van der Waals surface area contributed by atoms with Gasteiger partial charge in [0, 0.05) is 5.56 Å². The molecule has 0 unspecified atom stereocenters. The molecule has 30 heavy (non-hydrogen) atoms. The molecule has 0 aromatic heterocycles. The van der Waals surface area contributed by atoms with Crippen molar-refractivity contribution in [3.8, 4) is 5.75 Å². The van der Waals surface area contributed by atoms with Crippen LogP contribution in [0.15, 0.2) is 54.6 Å². The Hall–Kier alpha value is -3.21. The Kier molecular flexibility index (Phi) is 4.35. The molecule has 5 rings (SSSR count). The first-order chi connectivity index (χ1) is 14.5. The molecular weight excluding hydrogens is 378 g/mol. The number of fused-ring (bicyclic) bond motifs is 5. The normalized spacial score (nSPS) is 26.4. The Morgan fingerprint density at radius 2 is 1.63 bits per heavy atom. The van der Waals surface area contributed by atoms with Gasteiger partial charge in [-0.25, -0.2) is 4.90 Å². The predicted octanol–water partition coefficient (Wildman–Crippen LogP) is 3.88. The van der Waals surface area contributed by atoms with E-state index in [1.165, 1.54) is 4.90 Å². The van der Waals surface area contributed by atoms with Gasteiger partial charge < -0.3 is 4.74 Å². The van der Waals surface area contributed by atoms with E-state index < -0.39 is 0 Å². The van der Waals surface area contributed by atoms with E-state index in [4.69, 9.17) is 4.74 Å². The minimum absolute atomic E-state index is 0.147. The summed E-state index contributed by atoms with van der Waals surface area (Å²) in [7, 11) is 0. The summed E-state index contributed by atoms with van der Waals surface area (Å²) in [6.45, 7) is 3.80. The fraction of sp³-hybridized carbons (Fsp3) is 0.320. The Morgan fingerprint density at radius 1 is 0.967 bits per heavy atom. The zero-order valence-corrected chi connectivity index (χ0v) is 17.0. The monoisotopic (exact) mass is 401 g/mol. The Bertz CT molecular complexity index is 1070. The molecule has 1 saturated carbocycles. The maximum atomic E-state index is 13.1. The SMILES string of the molecule is Cc1ccc(C(=O)COc2ccccc2N2C(=O)[C@@H]3[C@@H](C2=O)[C@@H]2C=C[C@@H]3C2)cc1C. The number of anilines is 1. The third-order valence-corrected chi connectivity index (χ3v) is 6.76. The zero-order valence-electron chi connectivity index (χ0n) is 17.0. The predicted molar refractivity (Wildman–Crippen MR) is 112 cm³/mol. The number of rotatable bonds is 5. The molecule has 1 saturated heterocycles. The maximum Gasteiger partial charge on any atom is 0.238 e. The van der Waals surface area contributed by atoms with Crippen molar-refractivity contribution in [3.05, 3.63) is 71.3 Å². The molecule has 0 radical (unpaired) electrons. The molecule has 2 aliphatic carbocycles. The van der Waals surface area contributed by atoms with E-state index in [0.717, 1.165) is 17.5 Å². The highest BCUT2D eigenvalue weighted by Crippen LogP contribution is 2.53. The number of hydrogen-bond acceptors (Lipinski definition) is 4. The number of ether oxygens (including phenoxy) is 1. The van der Waals surface area contributed by atoms with Gasteiger partial charge in [-0.15, -0.1) is 0 Å². The molecule has 1 aliphatic heterocycles. The first-order valence-corrected chi connectivity index (χ1v) is 10.3. The fourth-order valence-electron chi connectivity index (χ4n) is 5.05. The number of nitrogens with zero attached hydrogens (tertiary/aromatic N) is 1. The van der Waals surface area contributed by atoms with E-state index in [0.29, 0.717) is 17.0 Å². The number of carbonyl (C=O) groups excluding carboxylic acids is 3. The van der Waals surface area contributed by atoms with E-state index >= 15 is 0 Å². The van der Waals surface area contributed by atoms with Gasteiger partial charge in [0.25, 0.3) is 0 Å². The maximum absolute atomic E-state index is 13.1. The third kappa shape index (κ3) is 2.80. The lowest BCUT2D eigenvalue weighted by atomic mass is 9.85. The number of imide groups is 1. The molecule has 4 atom stereocenters. The van der Waals surface area contributed by atoms with Gasteiger partial charge in [-0.05, 0) is 61.4 Å². The number of allylic oxidation sites excluding steroid dienone is 2.